The average molecular weight is 309 g/mol. The van der Waals surface area contributed by atoms with Crippen molar-refractivity contribution in [1.29, 1.82) is 0 Å². The second-order valence-electron chi connectivity index (χ2n) is 5.72. The Kier molecular flexibility index (Phi) is 6.21. The van der Waals surface area contributed by atoms with Crippen molar-refractivity contribution in [3.8, 4) is 0 Å². The molecule has 0 aromatic rings. The van der Waals surface area contributed by atoms with Crippen LogP contribution in [0.2, 0.25) is 0 Å². The minimum atomic E-state index is -0.361. The zero-order valence-corrected chi connectivity index (χ0v) is 14.6. The Bertz CT molecular complexity index is 475. The van der Waals surface area contributed by atoms with Crippen molar-refractivity contribution in [2.24, 2.45) is 11.8 Å². The largest absolute Gasteiger partial charge is 0.463 e. The summed E-state index contributed by atoms with van der Waals surface area (Å²) in [4.78, 5) is 26.7. The molecule has 1 heterocycles. The van der Waals surface area contributed by atoms with Gasteiger partial charge in [0.15, 0.2) is 0 Å². The van der Waals surface area contributed by atoms with Crippen LogP contribution in [-0.4, -0.2) is 37.1 Å². The summed E-state index contributed by atoms with van der Waals surface area (Å²) in [5.41, 5.74) is 2.74. The number of rotatable bonds is 5. The number of carbonyl (C=O) groups excluding carboxylic acids is 2. The lowest BCUT2D eigenvalue weighted by molar-refractivity contribution is -0.140. The standard InChI is InChI=1S/C17H27NO4/c1-8-21-16(19)14-11(5)18(7)12(6)15(13(14)10(3)4)17(20)22-9-2/h10,13H,8-9H2,1-7H3. The summed E-state index contributed by atoms with van der Waals surface area (Å²) in [6, 6.07) is 0. The molecule has 5 heteroatoms. The lowest BCUT2D eigenvalue weighted by Gasteiger charge is -2.37. The number of hydrogen-bond donors (Lipinski definition) is 0. The van der Waals surface area contributed by atoms with Crippen molar-refractivity contribution >= 4 is 11.9 Å². The molecule has 0 spiro atoms. The van der Waals surface area contributed by atoms with Crippen LogP contribution in [0.1, 0.15) is 41.5 Å². The van der Waals surface area contributed by atoms with Crippen LogP contribution in [0.5, 0.6) is 0 Å². The highest BCUT2D eigenvalue weighted by Gasteiger charge is 2.40. The molecule has 5 nitrogen and oxygen atoms in total. The van der Waals surface area contributed by atoms with Gasteiger partial charge in [-0.3, -0.25) is 0 Å². The molecule has 0 aromatic heterocycles. The van der Waals surface area contributed by atoms with E-state index in [2.05, 4.69) is 0 Å². The van der Waals surface area contributed by atoms with Gasteiger partial charge >= 0.3 is 11.9 Å². The highest BCUT2D eigenvalue weighted by atomic mass is 16.5. The van der Waals surface area contributed by atoms with Crippen molar-refractivity contribution in [3.05, 3.63) is 22.5 Å². The minimum absolute atomic E-state index is 0.0809. The van der Waals surface area contributed by atoms with Gasteiger partial charge < -0.3 is 14.4 Å². The summed E-state index contributed by atoms with van der Waals surface area (Å²) >= 11 is 0. The smallest absolute Gasteiger partial charge is 0.336 e. The van der Waals surface area contributed by atoms with E-state index in [1.807, 2.05) is 39.6 Å². The van der Waals surface area contributed by atoms with Crippen molar-refractivity contribution in [2.75, 3.05) is 20.3 Å². The van der Waals surface area contributed by atoms with Crippen LogP contribution >= 0.6 is 0 Å². The molecule has 0 aliphatic carbocycles. The van der Waals surface area contributed by atoms with Crippen LogP contribution in [-0.2, 0) is 19.1 Å². The van der Waals surface area contributed by atoms with Gasteiger partial charge in [-0.2, -0.15) is 0 Å². The molecular weight excluding hydrogens is 282 g/mol. The van der Waals surface area contributed by atoms with E-state index in [-0.39, 0.29) is 23.8 Å². The zero-order chi connectivity index (χ0) is 17.0. The lowest BCUT2D eigenvalue weighted by atomic mass is 9.77. The minimum Gasteiger partial charge on any atom is -0.463 e. The van der Waals surface area contributed by atoms with Crippen LogP contribution in [0.4, 0.5) is 0 Å². The Hall–Kier alpha value is -1.78. The maximum atomic E-state index is 12.4. The first-order valence-corrected chi connectivity index (χ1v) is 7.77. The molecule has 0 atom stereocenters. The summed E-state index contributed by atoms with van der Waals surface area (Å²) in [6.07, 6.45) is 0. The monoisotopic (exact) mass is 309 g/mol. The van der Waals surface area contributed by atoms with Gasteiger partial charge in [0.1, 0.15) is 0 Å². The molecule has 1 aliphatic heterocycles. The van der Waals surface area contributed by atoms with Crippen molar-refractivity contribution < 1.29 is 19.1 Å². The van der Waals surface area contributed by atoms with E-state index < -0.39 is 0 Å². The van der Waals surface area contributed by atoms with Crippen LogP contribution in [0.15, 0.2) is 22.5 Å². The molecule has 0 unspecified atom stereocenters. The van der Waals surface area contributed by atoms with E-state index in [1.54, 1.807) is 13.8 Å². The highest BCUT2D eigenvalue weighted by Crippen LogP contribution is 2.39. The Balaban J connectivity index is 3.44. The fourth-order valence-electron chi connectivity index (χ4n) is 2.84. The number of carbonyl (C=O) groups is 2. The summed E-state index contributed by atoms with van der Waals surface area (Å²) in [6.45, 7) is 11.9. The van der Waals surface area contributed by atoms with Crippen LogP contribution in [0.3, 0.4) is 0 Å². The molecule has 1 rings (SSSR count). The molecule has 124 valence electrons. The van der Waals surface area contributed by atoms with Gasteiger partial charge in [0.05, 0.1) is 24.4 Å². The van der Waals surface area contributed by atoms with E-state index in [1.165, 1.54) is 0 Å². The van der Waals surface area contributed by atoms with Crippen LogP contribution < -0.4 is 0 Å². The molecule has 22 heavy (non-hydrogen) atoms. The number of ether oxygens (including phenoxy) is 2. The molecule has 0 fully saturated rings. The summed E-state index contributed by atoms with van der Waals surface area (Å²) < 4.78 is 10.4. The second kappa shape index (κ2) is 7.47. The third kappa shape index (κ3) is 3.34. The molecule has 0 aromatic carbocycles. The normalized spacial score (nSPS) is 16.5. The SMILES string of the molecule is CCOC(=O)C1=C(C)N(C)C(C)=C(C(=O)OCC)C1C(C)C. The van der Waals surface area contributed by atoms with Gasteiger partial charge in [-0.25, -0.2) is 9.59 Å². The average Bonchev–Trinajstić information content (AvgIpc) is 2.44. The number of allylic oxidation sites excluding steroid dienone is 2. The van der Waals surface area contributed by atoms with E-state index in [0.717, 1.165) is 11.4 Å². The van der Waals surface area contributed by atoms with E-state index in [9.17, 15) is 9.59 Å². The van der Waals surface area contributed by atoms with Crippen LogP contribution in [0.25, 0.3) is 0 Å². The molecule has 0 saturated carbocycles. The van der Waals surface area contributed by atoms with Crippen molar-refractivity contribution in [2.45, 2.75) is 41.5 Å². The first-order chi connectivity index (χ1) is 10.3. The Morgan fingerprint density at radius 1 is 1.00 bits per heavy atom. The van der Waals surface area contributed by atoms with Crippen LogP contribution in [0, 0.1) is 11.8 Å². The van der Waals surface area contributed by atoms with E-state index in [4.69, 9.17) is 9.47 Å². The van der Waals surface area contributed by atoms with Gasteiger partial charge in [0, 0.05) is 24.4 Å². The van der Waals surface area contributed by atoms with E-state index in [0.29, 0.717) is 24.4 Å². The number of hydrogen-bond acceptors (Lipinski definition) is 5. The summed E-state index contributed by atoms with van der Waals surface area (Å²) in [7, 11) is 1.85. The van der Waals surface area contributed by atoms with Gasteiger partial charge in [0.25, 0.3) is 0 Å². The quantitative estimate of drug-likeness (QED) is 0.731. The van der Waals surface area contributed by atoms with E-state index >= 15 is 0 Å². The maximum absolute atomic E-state index is 12.4. The Labute approximate surface area is 133 Å². The molecule has 0 radical (unpaired) electrons. The molecule has 0 bridgehead atoms. The zero-order valence-electron chi connectivity index (χ0n) is 14.6. The first kappa shape index (κ1) is 18.3. The predicted molar refractivity (Wildman–Crippen MR) is 84.8 cm³/mol. The summed E-state index contributed by atoms with van der Waals surface area (Å²) in [5, 5.41) is 0. The second-order valence-corrected chi connectivity index (χ2v) is 5.72. The number of esters is 2. The first-order valence-electron chi connectivity index (χ1n) is 7.77. The number of nitrogens with zero attached hydrogens (tertiary/aromatic N) is 1. The summed E-state index contributed by atoms with van der Waals surface area (Å²) in [5.74, 6) is -0.952. The molecule has 0 amide bonds. The molecule has 0 N–H and O–H groups in total. The predicted octanol–water partition coefficient (Wildman–Crippen LogP) is 2.88. The van der Waals surface area contributed by atoms with Gasteiger partial charge in [0.2, 0.25) is 0 Å². The third-order valence-electron chi connectivity index (χ3n) is 4.07. The topological polar surface area (TPSA) is 55.8 Å². The van der Waals surface area contributed by atoms with Crippen molar-refractivity contribution in [1.82, 2.24) is 4.90 Å². The third-order valence-corrected chi connectivity index (χ3v) is 4.07. The molecular formula is C17H27NO4. The highest BCUT2D eigenvalue weighted by molar-refractivity contribution is 5.97. The fraction of sp³-hybridized carbons (Fsp3) is 0.647. The van der Waals surface area contributed by atoms with Gasteiger partial charge in [-0.15, -0.1) is 0 Å². The Morgan fingerprint density at radius 2 is 1.36 bits per heavy atom. The molecule has 1 aliphatic rings. The molecule has 0 saturated heterocycles. The maximum Gasteiger partial charge on any atom is 0.336 e. The van der Waals surface area contributed by atoms with Gasteiger partial charge in [-0.05, 0) is 33.6 Å². The Morgan fingerprint density at radius 3 is 1.64 bits per heavy atom. The fourth-order valence-corrected chi connectivity index (χ4v) is 2.84. The lowest BCUT2D eigenvalue weighted by Crippen LogP contribution is -2.36. The van der Waals surface area contributed by atoms with Crippen molar-refractivity contribution in [3.63, 3.8) is 0 Å². The van der Waals surface area contributed by atoms with Gasteiger partial charge in [-0.1, -0.05) is 13.8 Å².